The first-order valence-electron chi connectivity index (χ1n) is 7.22. The average molecular weight is 283 g/mol. The highest BCUT2D eigenvalue weighted by Crippen LogP contribution is 2.21. The second-order valence-electron chi connectivity index (χ2n) is 5.30. The molecule has 0 aliphatic carbocycles. The van der Waals surface area contributed by atoms with E-state index in [2.05, 4.69) is 9.97 Å². The highest BCUT2D eigenvalue weighted by molar-refractivity contribution is 6.05. The van der Waals surface area contributed by atoms with Gasteiger partial charge in [0.1, 0.15) is 11.3 Å². The number of aromatic nitrogens is 2. The molecule has 5 nitrogen and oxygen atoms in total. The fourth-order valence-electron chi connectivity index (χ4n) is 2.79. The van der Waals surface area contributed by atoms with Crippen LogP contribution in [0.5, 0.6) is 0 Å². The summed E-state index contributed by atoms with van der Waals surface area (Å²) in [4.78, 5) is 34.8. The number of hydrogen-bond donors (Lipinski definition) is 0. The molecule has 0 bridgehead atoms. The molecule has 3 rings (SSSR count). The minimum atomic E-state index is -0.0629. The van der Waals surface area contributed by atoms with E-state index >= 15 is 0 Å². The van der Waals surface area contributed by atoms with Crippen molar-refractivity contribution in [2.75, 3.05) is 13.1 Å². The van der Waals surface area contributed by atoms with Gasteiger partial charge in [-0.25, -0.2) is 0 Å². The van der Waals surface area contributed by atoms with Crippen LogP contribution in [0, 0.1) is 5.92 Å². The number of ketones is 1. The van der Waals surface area contributed by atoms with Gasteiger partial charge in [0.05, 0.1) is 11.1 Å². The molecule has 0 N–H and O–H groups in total. The molecule has 1 saturated heterocycles. The van der Waals surface area contributed by atoms with E-state index in [1.54, 1.807) is 23.4 Å². The van der Waals surface area contributed by atoms with Gasteiger partial charge in [-0.2, -0.15) is 0 Å². The second-order valence-corrected chi connectivity index (χ2v) is 5.30. The summed E-state index contributed by atoms with van der Waals surface area (Å²) in [6.45, 7) is 2.98. The van der Waals surface area contributed by atoms with Crippen LogP contribution in [0.2, 0.25) is 0 Å². The Bertz CT molecular complexity index is 693. The van der Waals surface area contributed by atoms with Gasteiger partial charge in [0.25, 0.3) is 5.91 Å². The molecule has 1 aliphatic heterocycles. The van der Waals surface area contributed by atoms with Gasteiger partial charge < -0.3 is 4.90 Å². The highest BCUT2D eigenvalue weighted by atomic mass is 16.2. The Labute approximate surface area is 123 Å². The molecule has 0 spiro atoms. The minimum absolute atomic E-state index is 0.0382. The molecule has 108 valence electrons. The van der Waals surface area contributed by atoms with E-state index in [1.807, 2.05) is 19.1 Å². The number of para-hydroxylation sites is 1. The number of nitrogens with zero attached hydrogens (tertiary/aromatic N) is 3. The van der Waals surface area contributed by atoms with Gasteiger partial charge in [0.15, 0.2) is 0 Å². The Morgan fingerprint density at radius 2 is 2.14 bits per heavy atom. The van der Waals surface area contributed by atoms with Crippen LogP contribution in [0.1, 0.15) is 30.1 Å². The summed E-state index contributed by atoms with van der Waals surface area (Å²) in [5.41, 5.74) is 1.89. The molecule has 1 atom stereocenters. The third-order valence-corrected chi connectivity index (χ3v) is 4.03. The van der Waals surface area contributed by atoms with Crippen LogP contribution in [-0.4, -0.2) is 39.6 Å². The van der Waals surface area contributed by atoms with Crippen molar-refractivity contribution in [3.8, 4) is 0 Å². The summed E-state index contributed by atoms with van der Waals surface area (Å²) in [5.74, 6) is 0.162. The minimum Gasteiger partial charge on any atom is -0.337 e. The molecule has 5 heteroatoms. The molecule has 1 aliphatic rings. The average Bonchev–Trinajstić information content (AvgIpc) is 2.54. The van der Waals surface area contributed by atoms with Crippen molar-refractivity contribution >= 4 is 22.7 Å². The number of piperidine rings is 1. The second kappa shape index (κ2) is 5.60. The molecule has 2 aromatic rings. The van der Waals surface area contributed by atoms with E-state index in [9.17, 15) is 9.59 Å². The number of rotatable bonds is 2. The summed E-state index contributed by atoms with van der Waals surface area (Å²) < 4.78 is 0. The van der Waals surface area contributed by atoms with Crippen molar-refractivity contribution in [1.82, 2.24) is 14.9 Å². The maximum Gasteiger partial charge on any atom is 0.256 e. The Balaban J connectivity index is 1.92. The standard InChI is InChI=1S/C16H17N3O2/c1-2-11-10-19(9-6-14(11)20)16(21)12-4-3-5-13-15(12)18-8-7-17-13/h3-5,7-8,11H,2,6,9-10H2,1H3. The largest absolute Gasteiger partial charge is 0.337 e. The van der Waals surface area contributed by atoms with E-state index < -0.39 is 0 Å². The lowest BCUT2D eigenvalue weighted by molar-refractivity contribution is -0.125. The summed E-state index contributed by atoms with van der Waals surface area (Å²) in [7, 11) is 0. The van der Waals surface area contributed by atoms with Crippen molar-refractivity contribution in [3.05, 3.63) is 36.2 Å². The zero-order valence-electron chi connectivity index (χ0n) is 12.0. The summed E-state index contributed by atoms with van der Waals surface area (Å²) in [6.07, 6.45) is 4.43. The van der Waals surface area contributed by atoms with Gasteiger partial charge in [-0.15, -0.1) is 0 Å². The molecular formula is C16H17N3O2. The number of amides is 1. The Morgan fingerprint density at radius 3 is 2.95 bits per heavy atom. The molecule has 2 heterocycles. The predicted molar refractivity (Wildman–Crippen MR) is 78.8 cm³/mol. The monoisotopic (exact) mass is 283 g/mol. The Morgan fingerprint density at radius 1 is 1.33 bits per heavy atom. The van der Waals surface area contributed by atoms with Gasteiger partial charge >= 0.3 is 0 Å². The fraction of sp³-hybridized carbons (Fsp3) is 0.375. The normalized spacial score (nSPS) is 19.0. The first-order chi connectivity index (χ1) is 10.2. The van der Waals surface area contributed by atoms with Crippen LogP contribution < -0.4 is 0 Å². The van der Waals surface area contributed by atoms with Crippen molar-refractivity contribution in [1.29, 1.82) is 0 Å². The number of carbonyl (C=O) groups excluding carboxylic acids is 2. The third-order valence-electron chi connectivity index (χ3n) is 4.03. The molecule has 0 radical (unpaired) electrons. The van der Waals surface area contributed by atoms with Crippen molar-refractivity contribution in [2.45, 2.75) is 19.8 Å². The lowest BCUT2D eigenvalue weighted by atomic mass is 9.93. The van der Waals surface area contributed by atoms with E-state index in [4.69, 9.17) is 0 Å². The molecule has 21 heavy (non-hydrogen) atoms. The Kier molecular flexibility index (Phi) is 3.64. The van der Waals surface area contributed by atoms with E-state index in [1.165, 1.54) is 0 Å². The quantitative estimate of drug-likeness (QED) is 0.846. The van der Waals surface area contributed by atoms with Crippen molar-refractivity contribution in [2.24, 2.45) is 5.92 Å². The topological polar surface area (TPSA) is 63.2 Å². The van der Waals surface area contributed by atoms with Crippen LogP contribution in [0.15, 0.2) is 30.6 Å². The number of Topliss-reactive ketones (excluding diaryl/α,β-unsaturated/α-hetero) is 1. The molecule has 1 aromatic carbocycles. The summed E-state index contributed by atoms with van der Waals surface area (Å²) >= 11 is 0. The van der Waals surface area contributed by atoms with Crippen LogP contribution in [0.25, 0.3) is 11.0 Å². The lowest BCUT2D eigenvalue weighted by Crippen LogP contribution is -2.44. The molecule has 1 aromatic heterocycles. The van der Waals surface area contributed by atoms with Crippen molar-refractivity contribution < 1.29 is 9.59 Å². The Hall–Kier alpha value is -2.30. The number of benzene rings is 1. The SMILES string of the molecule is CCC1CN(C(=O)c2cccc3nccnc23)CCC1=O. The third kappa shape index (κ3) is 2.51. The van der Waals surface area contributed by atoms with Gasteiger partial charge in [-0.05, 0) is 18.6 Å². The van der Waals surface area contributed by atoms with Crippen LogP contribution in [-0.2, 0) is 4.79 Å². The van der Waals surface area contributed by atoms with Crippen molar-refractivity contribution in [3.63, 3.8) is 0 Å². The maximum atomic E-state index is 12.7. The highest BCUT2D eigenvalue weighted by Gasteiger charge is 2.29. The molecule has 0 saturated carbocycles. The number of hydrogen-bond acceptors (Lipinski definition) is 4. The smallest absolute Gasteiger partial charge is 0.256 e. The van der Waals surface area contributed by atoms with E-state index in [0.29, 0.717) is 36.1 Å². The first-order valence-corrected chi connectivity index (χ1v) is 7.22. The zero-order chi connectivity index (χ0) is 14.8. The fourth-order valence-corrected chi connectivity index (χ4v) is 2.79. The summed E-state index contributed by atoms with van der Waals surface area (Å²) in [5, 5.41) is 0. The molecule has 1 amide bonds. The predicted octanol–water partition coefficient (Wildman–Crippen LogP) is 2.07. The summed E-state index contributed by atoms with van der Waals surface area (Å²) in [6, 6.07) is 5.43. The number of likely N-dealkylation sites (tertiary alicyclic amines) is 1. The van der Waals surface area contributed by atoms with Gasteiger partial charge in [-0.1, -0.05) is 13.0 Å². The molecular weight excluding hydrogens is 266 g/mol. The maximum absolute atomic E-state index is 12.7. The van der Waals surface area contributed by atoms with E-state index in [-0.39, 0.29) is 17.6 Å². The van der Waals surface area contributed by atoms with Gasteiger partial charge in [0.2, 0.25) is 0 Å². The number of fused-ring (bicyclic) bond motifs is 1. The lowest BCUT2D eigenvalue weighted by Gasteiger charge is -2.31. The van der Waals surface area contributed by atoms with Gasteiger partial charge in [-0.3, -0.25) is 19.6 Å². The molecule has 1 fully saturated rings. The first kappa shape index (κ1) is 13.7. The van der Waals surface area contributed by atoms with Crippen LogP contribution in [0.4, 0.5) is 0 Å². The van der Waals surface area contributed by atoms with Crippen LogP contribution >= 0.6 is 0 Å². The molecule has 1 unspecified atom stereocenters. The zero-order valence-corrected chi connectivity index (χ0v) is 12.0. The van der Waals surface area contributed by atoms with Gasteiger partial charge in [0, 0.05) is 37.8 Å². The van der Waals surface area contributed by atoms with E-state index in [0.717, 1.165) is 6.42 Å². The number of carbonyl (C=O) groups is 2. The van der Waals surface area contributed by atoms with Crippen LogP contribution in [0.3, 0.4) is 0 Å².